The number of rotatable bonds is 6. The summed E-state index contributed by atoms with van der Waals surface area (Å²) in [6.07, 6.45) is 0.881. The van der Waals surface area contributed by atoms with Gasteiger partial charge in [-0.3, -0.25) is 9.59 Å². The lowest BCUT2D eigenvalue weighted by Crippen LogP contribution is -2.32. The first-order chi connectivity index (χ1) is 13.5. The fourth-order valence-corrected chi connectivity index (χ4v) is 3.54. The lowest BCUT2D eigenvalue weighted by atomic mass is 9.94. The smallest absolute Gasteiger partial charge is 0.295 e. The van der Waals surface area contributed by atoms with Crippen molar-refractivity contribution in [2.24, 2.45) is 0 Å². The van der Waals surface area contributed by atoms with Crippen LogP contribution in [-0.4, -0.2) is 42.0 Å². The van der Waals surface area contributed by atoms with E-state index in [-0.39, 0.29) is 17.9 Å². The standard InChI is InChI=1S/C23H25NO4/c1-4-16-8-10-17(11-9-16)21(25)19-20(18-7-5-6-15(2)14-18)24(12-13-28-3)23(27)22(19)26/h5-11,14,20,25H,4,12-13H2,1-3H3/b21-19-. The second-order valence-corrected chi connectivity index (χ2v) is 6.95. The SMILES string of the molecule is CCc1ccc(/C(O)=C2/C(=O)C(=O)N(CCOC)C2c2cccc(C)c2)cc1. The number of benzene rings is 2. The van der Waals surface area contributed by atoms with Crippen LogP contribution in [0.4, 0.5) is 0 Å². The van der Waals surface area contributed by atoms with Crippen LogP contribution >= 0.6 is 0 Å². The van der Waals surface area contributed by atoms with Gasteiger partial charge in [0.05, 0.1) is 18.2 Å². The minimum absolute atomic E-state index is 0.121. The van der Waals surface area contributed by atoms with Gasteiger partial charge in [0.2, 0.25) is 0 Å². The van der Waals surface area contributed by atoms with Crippen molar-refractivity contribution in [1.82, 2.24) is 4.90 Å². The van der Waals surface area contributed by atoms with Crippen LogP contribution in [0.5, 0.6) is 0 Å². The van der Waals surface area contributed by atoms with Crippen molar-refractivity contribution < 1.29 is 19.4 Å². The minimum atomic E-state index is -0.667. The van der Waals surface area contributed by atoms with E-state index in [2.05, 4.69) is 0 Å². The summed E-state index contributed by atoms with van der Waals surface area (Å²) in [4.78, 5) is 27.0. The molecule has 1 unspecified atom stereocenters. The van der Waals surface area contributed by atoms with E-state index in [0.29, 0.717) is 12.2 Å². The van der Waals surface area contributed by atoms with E-state index >= 15 is 0 Å². The van der Waals surface area contributed by atoms with Gasteiger partial charge in [0.15, 0.2) is 0 Å². The fourth-order valence-electron chi connectivity index (χ4n) is 3.54. The maximum atomic E-state index is 12.8. The van der Waals surface area contributed by atoms with E-state index in [0.717, 1.165) is 23.1 Å². The lowest BCUT2D eigenvalue weighted by Gasteiger charge is -2.25. The first-order valence-corrected chi connectivity index (χ1v) is 9.41. The van der Waals surface area contributed by atoms with Gasteiger partial charge in [0, 0.05) is 19.2 Å². The highest BCUT2D eigenvalue weighted by molar-refractivity contribution is 6.46. The third-order valence-corrected chi connectivity index (χ3v) is 5.07. The molecule has 1 heterocycles. The van der Waals surface area contributed by atoms with Crippen LogP contribution in [0.25, 0.3) is 5.76 Å². The molecule has 28 heavy (non-hydrogen) atoms. The Bertz CT molecular complexity index is 914. The Morgan fingerprint density at radius 2 is 1.86 bits per heavy atom. The van der Waals surface area contributed by atoms with Crippen LogP contribution in [0, 0.1) is 6.92 Å². The number of nitrogens with zero attached hydrogens (tertiary/aromatic N) is 1. The zero-order chi connectivity index (χ0) is 20.3. The number of ether oxygens (including phenoxy) is 1. The van der Waals surface area contributed by atoms with Crippen molar-refractivity contribution in [2.75, 3.05) is 20.3 Å². The molecule has 0 aromatic heterocycles. The Morgan fingerprint density at radius 3 is 2.46 bits per heavy atom. The van der Waals surface area contributed by atoms with Crippen molar-refractivity contribution in [1.29, 1.82) is 0 Å². The van der Waals surface area contributed by atoms with Crippen LogP contribution in [0.2, 0.25) is 0 Å². The summed E-state index contributed by atoms with van der Waals surface area (Å²) in [7, 11) is 1.55. The quantitative estimate of drug-likeness (QED) is 0.473. The number of likely N-dealkylation sites (tertiary alicyclic amines) is 1. The van der Waals surface area contributed by atoms with E-state index < -0.39 is 17.7 Å². The van der Waals surface area contributed by atoms with Gasteiger partial charge in [0.1, 0.15) is 5.76 Å². The highest BCUT2D eigenvalue weighted by Gasteiger charge is 2.45. The largest absolute Gasteiger partial charge is 0.507 e. The summed E-state index contributed by atoms with van der Waals surface area (Å²) in [5.41, 5.74) is 3.59. The molecule has 2 aromatic rings. The highest BCUT2D eigenvalue weighted by atomic mass is 16.5. The van der Waals surface area contributed by atoms with Crippen LogP contribution < -0.4 is 0 Å². The molecule has 0 radical (unpaired) electrons. The number of aliphatic hydroxyl groups excluding tert-OH is 1. The predicted molar refractivity (Wildman–Crippen MR) is 108 cm³/mol. The van der Waals surface area contributed by atoms with Crippen molar-refractivity contribution in [3.8, 4) is 0 Å². The van der Waals surface area contributed by atoms with Crippen LogP contribution in [0.15, 0.2) is 54.1 Å². The molecule has 1 atom stereocenters. The van der Waals surface area contributed by atoms with E-state index in [4.69, 9.17) is 4.74 Å². The Labute approximate surface area is 165 Å². The predicted octanol–water partition coefficient (Wildman–Crippen LogP) is 3.63. The number of hydrogen-bond acceptors (Lipinski definition) is 4. The summed E-state index contributed by atoms with van der Waals surface area (Å²) >= 11 is 0. The summed E-state index contributed by atoms with van der Waals surface area (Å²) < 4.78 is 5.12. The maximum Gasteiger partial charge on any atom is 0.295 e. The van der Waals surface area contributed by atoms with Crippen molar-refractivity contribution in [3.05, 3.63) is 76.4 Å². The molecule has 1 saturated heterocycles. The second-order valence-electron chi connectivity index (χ2n) is 6.95. The average molecular weight is 379 g/mol. The summed E-state index contributed by atoms with van der Waals surface area (Å²) in [5, 5.41) is 11.0. The fraction of sp³-hybridized carbons (Fsp3) is 0.304. The molecule has 1 fully saturated rings. The van der Waals surface area contributed by atoms with Crippen LogP contribution in [0.1, 0.15) is 35.2 Å². The van der Waals surface area contributed by atoms with Crippen LogP contribution in [0.3, 0.4) is 0 Å². The first kappa shape index (κ1) is 19.8. The minimum Gasteiger partial charge on any atom is -0.507 e. The summed E-state index contributed by atoms with van der Waals surface area (Å²) in [6, 6.07) is 14.4. The summed E-state index contributed by atoms with van der Waals surface area (Å²) in [5.74, 6) is -1.43. The van der Waals surface area contributed by atoms with E-state index in [1.807, 2.05) is 50.2 Å². The van der Waals surface area contributed by atoms with Crippen molar-refractivity contribution in [2.45, 2.75) is 26.3 Å². The number of methoxy groups -OCH3 is 1. The van der Waals surface area contributed by atoms with Gasteiger partial charge in [-0.05, 0) is 24.5 Å². The Kier molecular flexibility index (Phi) is 5.95. The Hall–Kier alpha value is -2.92. The molecular weight excluding hydrogens is 354 g/mol. The van der Waals surface area contributed by atoms with Crippen molar-refractivity contribution in [3.63, 3.8) is 0 Å². The molecule has 0 aliphatic carbocycles. The molecule has 0 bridgehead atoms. The molecule has 2 aromatic carbocycles. The Morgan fingerprint density at radius 1 is 1.14 bits per heavy atom. The van der Waals surface area contributed by atoms with Gasteiger partial charge < -0.3 is 14.7 Å². The number of hydrogen-bond donors (Lipinski definition) is 1. The monoisotopic (exact) mass is 379 g/mol. The second kappa shape index (κ2) is 8.40. The zero-order valence-corrected chi connectivity index (χ0v) is 16.4. The van der Waals surface area contributed by atoms with Gasteiger partial charge >= 0.3 is 0 Å². The number of aliphatic hydroxyl groups is 1. The third kappa shape index (κ3) is 3.71. The highest BCUT2D eigenvalue weighted by Crippen LogP contribution is 2.39. The maximum absolute atomic E-state index is 12.8. The van der Waals surface area contributed by atoms with Gasteiger partial charge in [-0.2, -0.15) is 0 Å². The molecule has 1 N–H and O–H groups in total. The van der Waals surface area contributed by atoms with Crippen LogP contribution in [-0.2, 0) is 20.7 Å². The van der Waals surface area contributed by atoms with Gasteiger partial charge in [-0.1, -0.05) is 61.0 Å². The normalized spacial score (nSPS) is 18.7. The van der Waals surface area contributed by atoms with E-state index in [1.54, 1.807) is 19.2 Å². The molecule has 5 nitrogen and oxygen atoms in total. The molecule has 1 amide bonds. The summed E-state index contributed by atoms with van der Waals surface area (Å²) in [6.45, 7) is 4.58. The number of carbonyl (C=O) groups excluding carboxylic acids is 2. The number of carbonyl (C=O) groups is 2. The number of aryl methyl sites for hydroxylation is 2. The number of amides is 1. The van der Waals surface area contributed by atoms with Crippen molar-refractivity contribution >= 4 is 17.4 Å². The molecular formula is C23H25NO4. The van der Waals surface area contributed by atoms with Gasteiger partial charge in [0.25, 0.3) is 11.7 Å². The number of Topliss-reactive ketones (excluding diaryl/α,β-unsaturated/α-hetero) is 1. The molecule has 1 aliphatic rings. The lowest BCUT2D eigenvalue weighted by molar-refractivity contribution is -0.140. The molecule has 0 saturated carbocycles. The first-order valence-electron chi connectivity index (χ1n) is 9.41. The molecule has 0 spiro atoms. The van der Waals surface area contributed by atoms with Gasteiger partial charge in [-0.15, -0.1) is 0 Å². The molecule has 146 valence electrons. The number of ketones is 1. The van der Waals surface area contributed by atoms with E-state index in [9.17, 15) is 14.7 Å². The topological polar surface area (TPSA) is 66.8 Å². The van der Waals surface area contributed by atoms with Gasteiger partial charge in [-0.25, -0.2) is 0 Å². The van der Waals surface area contributed by atoms with E-state index in [1.165, 1.54) is 4.90 Å². The third-order valence-electron chi connectivity index (χ3n) is 5.07. The average Bonchev–Trinajstić information content (AvgIpc) is 2.96. The molecule has 5 heteroatoms. The zero-order valence-electron chi connectivity index (χ0n) is 16.4. The molecule has 1 aliphatic heterocycles. The molecule has 3 rings (SSSR count). The Balaban J connectivity index is 2.14.